The van der Waals surface area contributed by atoms with Gasteiger partial charge in [0.1, 0.15) is 6.23 Å². The Bertz CT molecular complexity index is 914. The van der Waals surface area contributed by atoms with Crippen molar-refractivity contribution in [3.8, 4) is 0 Å². The van der Waals surface area contributed by atoms with Crippen molar-refractivity contribution in [1.82, 2.24) is 9.24 Å². The molecule has 130 valence electrons. The highest BCUT2D eigenvalue weighted by Crippen LogP contribution is 2.26. The van der Waals surface area contributed by atoms with Crippen molar-refractivity contribution in [1.29, 1.82) is 0 Å². The van der Waals surface area contributed by atoms with E-state index in [4.69, 9.17) is 10.3 Å². The van der Waals surface area contributed by atoms with Crippen LogP contribution >= 0.6 is 0 Å². The van der Waals surface area contributed by atoms with Gasteiger partial charge in [-0.1, -0.05) is 35.0 Å². The Labute approximate surface area is 142 Å². The molecule has 0 bridgehead atoms. The highest BCUT2D eigenvalue weighted by atomic mass is 16.5. The van der Waals surface area contributed by atoms with Crippen LogP contribution in [0.2, 0.25) is 0 Å². The molecule has 2 heterocycles. The summed E-state index contributed by atoms with van der Waals surface area (Å²) in [6, 6.07) is 9.29. The fourth-order valence-corrected chi connectivity index (χ4v) is 2.90. The predicted octanol–water partition coefficient (Wildman–Crippen LogP) is 1.34. The van der Waals surface area contributed by atoms with Crippen molar-refractivity contribution < 1.29 is 9.84 Å². The molecule has 1 fully saturated rings. The normalized spacial score (nSPS) is 19.6. The Morgan fingerprint density at radius 1 is 1.28 bits per heavy atom. The van der Waals surface area contributed by atoms with E-state index >= 15 is 0 Å². The fourth-order valence-electron chi connectivity index (χ4n) is 2.90. The van der Waals surface area contributed by atoms with Crippen molar-refractivity contribution in [2.45, 2.75) is 31.6 Å². The van der Waals surface area contributed by atoms with Crippen LogP contribution in [0.3, 0.4) is 0 Å². The first kappa shape index (κ1) is 17.0. The minimum atomic E-state index is -0.761. The first-order chi connectivity index (χ1) is 12.1. The molecule has 1 aromatic carbocycles. The van der Waals surface area contributed by atoms with Gasteiger partial charge in [-0.15, -0.1) is 5.53 Å². The summed E-state index contributed by atoms with van der Waals surface area (Å²) in [5, 5.41) is 12.4. The molecular weight excluding hydrogens is 326 g/mol. The molecule has 0 saturated carbocycles. The Morgan fingerprint density at radius 2 is 2.04 bits per heavy atom. The summed E-state index contributed by atoms with van der Waals surface area (Å²) in [6.45, 7) is -0.141. The third-order valence-corrected chi connectivity index (χ3v) is 4.13. The quantitative estimate of drug-likeness (QED) is 0.500. The van der Waals surface area contributed by atoms with Crippen molar-refractivity contribution >= 4 is 0 Å². The van der Waals surface area contributed by atoms with Crippen LogP contribution in [0.4, 0.5) is 0 Å². The van der Waals surface area contributed by atoms with Gasteiger partial charge in [0.15, 0.2) is 0 Å². The Kier molecular flexibility index (Phi) is 4.99. The second kappa shape index (κ2) is 7.35. The Hall–Kier alpha value is -2.87. The van der Waals surface area contributed by atoms with Gasteiger partial charge in [-0.3, -0.25) is 4.57 Å². The summed E-state index contributed by atoms with van der Waals surface area (Å²) in [4.78, 5) is 27.5. The van der Waals surface area contributed by atoms with Gasteiger partial charge in [0.05, 0.1) is 18.3 Å². The summed E-state index contributed by atoms with van der Waals surface area (Å²) < 4.78 is 7.38. The SMILES string of the molecule is [N-]=[N+]=Nn1c(=O)c(Cc2ccccc2)cn([C@H]2CC[C@@H](CO)O2)c1=O. The van der Waals surface area contributed by atoms with Gasteiger partial charge < -0.3 is 9.84 Å². The van der Waals surface area contributed by atoms with Gasteiger partial charge in [0.25, 0.3) is 0 Å². The van der Waals surface area contributed by atoms with Crippen molar-refractivity contribution in [3.63, 3.8) is 0 Å². The van der Waals surface area contributed by atoms with Crippen molar-refractivity contribution in [2.24, 2.45) is 5.22 Å². The second-order valence-electron chi connectivity index (χ2n) is 5.78. The lowest BCUT2D eigenvalue weighted by Crippen LogP contribution is -2.40. The zero-order valence-electron chi connectivity index (χ0n) is 13.4. The molecule has 0 radical (unpaired) electrons. The standard InChI is InChI=1S/C16H17N5O4/c17-18-19-21-15(23)12(8-11-4-2-1-3-5-11)9-20(16(21)24)14-7-6-13(10-22)25-14/h1-5,9,13-14,22H,6-8,10H2/t13-,14+/m0/s1. The molecule has 0 unspecified atom stereocenters. The summed E-state index contributed by atoms with van der Waals surface area (Å²) in [5.41, 5.74) is 8.46. The fraction of sp³-hybridized carbons (Fsp3) is 0.375. The molecule has 2 aromatic rings. The van der Waals surface area contributed by atoms with Gasteiger partial charge in [-0.05, 0) is 23.6 Å². The van der Waals surface area contributed by atoms with Crippen LogP contribution in [0.15, 0.2) is 51.3 Å². The summed E-state index contributed by atoms with van der Waals surface area (Å²) >= 11 is 0. The number of aromatic nitrogens is 2. The Morgan fingerprint density at radius 3 is 2.68 bits per heavy atom. The van der Waals surface area contributed by atoms with Crippen LogP contribution in [0.25, 0.3) is 10.4 Å². The zero-order valence-corrected chi connectivity index (χ0v) is 13.4. The molecule has 0 spiro atoms. The lowest BCUT2D eigenvalue weighted by atomic mass is 10.1. The highest BCUT2D eigenvalue weighted by molar-refractivity contribution is 5.23. The summed E-state index contributed by atoms with van der Waals surface area (Å²) in [5.74, 6) is 0. The van der Waals surface area contributed by atoms with E-state index in [1.807, 2.05) is 30.3 Å². The molecule has 0 aliphatic carbocycles. The molecule has 9 heteroatoms. The third kappa shape index (κ3) is 3.48. The van der Waals surface area contributed by atoms with E-state index in [1.165, 1.54) is 10.8 Å². The predicted molar refractivity (Wildman–Crippen MR) is 89.0 cm³/mol. The van der Waals surface area contributed by atoms with Crippen LogP contribution in [0.1, 0.15) is 30.2 Å². The van der Waals surface area contributed by atoms with E-state index in [0.29, 0.717) is 23.1 Å². The molecule has 25 heavy (non-hydrogen) atoms. The van der Waals surface area contributed by atoms with Crippen molar-refractivity contribution in [2.75, 3.05) is 6.61 Å². The van der Waals surface area contributed by atoms with Crippen LogP contribution in [-0.4, -0.2) is 27.1 Å². The van der Waals surface area contributed by atoms with Crippen LogP contribution in [0.5, 0.6) is 0 Å². The highest BCUT2D eigenvalue weighted by Gasteiger charge is 2.29. The molecule has 1 N–H and O–H groups in total. The number of aliphatic hydroxyl groups excluding tert-OH is 1. The van der Waals surface area contributed by atoms with Crippen LogP contribution in [0, 0.1) is 0 Å². The topological polar surface area (TPSA) is 122 Å². The van der Waals surface area contributed by atoms with Crippen LogP contribution < -0.4 is 11.2 Å². The number of aliphatic hydroxyl groups is 1. The smallest absolute Gasteiger partial charge is 0.394 e. The van der Waals surface area contributed by atoms with Gasteiger partial charge in [-0.25, -0.2) is 9.59 Å². The van der Waals surface area contributed by atoms with Gasteiger partial charge in [0.2, 0.25) is 0 Å². The van der Waals surface area contributed by atoms with E-state index in [0.717, 1.165) is 5.56 Å². The number of benzene rings is 1. The first-order valence-electron chi connectivity index (χ1n) is 7.86. The average Bonchev–Trinajstić information content (AvgIpc) is 3.11. The van der Waals surface area contributed by atoms with E-state index < -0.39 is 17.5 Å². The molecule has 0 amide bonds. The lowest BCUT2D eigenvalue weighted by Gasteiger charge is -2.15. The number of hydrogen-bond donors (Lipinski definition) is 1. The van der Waals surface area contributed by atoms with Crippen LogP contribution in [-0.2, 0) is 11.2 Å². The number of hydrogen-bond acceptors (Lipinski definition) is 5. The summed E-state index contributed by atoms with van der Waals surface area (Å²) in [6.07, 6.45) is 1.89. The number of ether oxygens (including phenoxy) is 1. The maximum atomic E-state index is 12.5. The van der Waals surface area contributed by atoms with Gasteiger partial charge in [-0.2, -0.15) is 4.91 Å². The first-order valence-corrected chi connectivity index (χ1v) is 7.86. The van der Waals surface area contributed by atoms with E-state index in [-0.39, 0.29) is 19.1 Å². The molecule has 1 aromatic heterocycles. The number of rotatable bonds is 5. The minimum Gasteiger partial charge on any atom is -0.394 e. The number of nitrogens with zero attached hydrogens (tertiary/aromatic N) is 5. The van der Waals surface area contributed by atoms with Gasteiger partial charge >= 0.3 is 11.2 Å². The molecule has 3 rings (SSSR count). The Balaban J connectivity index is 2.07. The molecule has 9 nitrogen and oxygen atoms in total. The molecular formula is C16H17N5O4. The minimum absolute atomic E-state index is 0.141. The molecule has 2 atom stereocenters. The molecule has 1 aliphatic rings. The largest absolute Gasteiger partial charge is 0.428 e. The maximum Gasteiger partial charge on any atom is 0.428 e. The molecule has 1 aliphatic heterocycles. The zero-order chi connectivity index (χ0) is 17.8. The van der Waals surface area contributed by atoms with E-state index in [2.05, 4.69) is 10.1 Å². The lowest BCUT2D eigenvalue weighted by molar-refractivity contribution is -0.0252. The molecule has 1 saturated heterocycles. The van der Waals surface area contributed by atoms with Crippen molar-refractivity contribution in [3.05, 3.63) is 78.9 Å². The van der Waals surface area contributed by atoms with E-state index in [9.17, 15) is 14.7 Å². The average molecular weight is 343 g/mol. The second-order valence-corrected chi connectivity index (χ2v) is 5.78. The number of azide groups is 1. The third-order valence-electron chi connectivity index (χ3n) is 4.13. The monoisotopic (exact) mass is 343 g/mol. The maximum absolute atomic E-state index is 12.5. The summed E-state index contributed by atoms with van der Waals surface area (Å²) in [7, 11) is 0. The van der Waals surface area contributed by atoms with E-state index in [1.54, 1.807) is 0 Å². The van der Waals surface area contributed by atoms with Gasteiger partial charge in [0, 0.05) is 12.6 Å².